The molecule has 0 fully saturated rings. The molecule has 16 heavy (non-hydrogen) atoms. The maximum Gasteiger partial charge on any atom is 0.229 e. The topological polar surface area (TPSA) is 105 Å². The van der Waals surface area contributed by atoms with Crippen LogP contribution < -0.4 is 10.1 Å². The predicted octanol–water partition coefficient (Wildman–Crippen LogP) is -0.833. The Kier molecular flexibility index (Phi) is 4.62. The molecule has 0 unspecified atom stereocenters. The molecular formula is C9H13N3O4. The lowest BCUT2D eigenvalue weighted by Crippen LogP contribution is -2.21. The van der Waals surface area contributed by atoms with E-state index < -0.39 is 6.10 Å². The number of nitrogens with one attached hydrogen (secondary N) is 1. The van der Waals surface area contributed by atoms with Crippen molar-refractivity contribution in [2.75, 3.05) is 18.5 Å². The van der Waals surface area contributed by atoms with Crippen LogP contribution in [0.15, 0.2) is 12.4 Å². The third kappa shape index (κ3) is 4.20. The summed E-state index contributed by atoms with van der Waals surface area (Å²) in [5, 5.41) is 20.0. The zero-order chi connectivity index (χ0) is 12.0. The van der Waals surface area contributed by atoms with Crippen molar-refractivity contribution in [3.8, 4) is 5.75 Å². The number of hydrogen-bond donors (Lipinski definition) is 3. The Morgan fingerprint density at radius 3 is 2.69 bits per heavy atom. The monoisotopic (exact) mass is 227 g/mol. The number of ether oxygens (including phenoxy) is 1. The van der Waals surface area contributed by atoms with Crippen LogP contribution >= 0.6 is 0 Å². The Morgan fingerprint density at radius 1 is 1.56 bits per heavy atom. The first kappa shape index (κ1) is 12.3. The van der Waals surface area contributed by atoms with Crippen molar-refractivity contribution in [2.24, 2.45) is 0 Å². The van der Waals surface area contributed by atoms with Crippen molar-refractivity contribution in [3.05, 3.63) is 12.4 Å². The maximum absolute atomic E-state index is 10.7. The number of carbonyl (C=O) groups is 1. The minimum absolute atomic E-state index is 0.0423. The lowest BCUT2D eigenvalue weighted by atomic mass is 10.4. The van der Waals surface area contributed by atoms with E-state index in [1.54, 1.807) is 0 Å². The van der Waals surface area contributed by atoms with Gasteiger partial charge in [0.1, 0.15) is 12.7 Å². The van der Waals surface area contributed by atoms with Gasteiger partial charge in [-0.05, 0) is 0 Å². The van der Waals surface area contributed by atoms with Crippen molar-refractivity contribution >= 4 is 11.9 Å². The van der Waals surface area contributed by atoms with E-state index in [1.165, 1.54) is 19.3 Å². The largest absolute Gasteiger partial charge is 0.488 e. The molecule has 0 bridgehead atoms. The van der Waals surface area contributed by atoms with E-state index in [4.69, 9.17) is 14.9 Å². The standard InChI is InChI=1S/C9H13N3O4/c1-6(14)12-9-10-2-8(3-11-9)16-5-7(15)4-13/h2-3,7,13,15H,4-5H2,1H3,(H,10,11,12,14)/t7-/m0/s1. The van der Waals surface area contributed by atoms with E-state index in [9.17, 15) is 4.79 Å². The molecule has 7 nitrogen and oxygen atoms in total. The highest BCUT2D eigenvalue weighted by atomic mass is 16.5. The number of rotatable bonds is 5. The average molecular weight is 227 g/mol. The summed E-state index contributed by atoms with van der Waals surface area (Å²) in [5.74, 6) is 0.272. The second-order valence-electron chi connectivity index (χ2n) is 3.07. The minimum Gasteiger partial charge on any atom is -0.488 e. The fourth-order valence-corrected chi connectivity index (χ4v) is 0.858. The zero-order valence-corrected chi connectivity index (χ0v) is 8.75. The summed E-state index contributed by atoms with van der Waals surface area (Å²) in [5.41, 5.74) is 0. The molecule has 0 radical (unpaired) electrons. The number of anilines is 1. The van der Waals surface area contributed by atoms with E-state index in [-0.39, 0.29) is 25.1 Å². The molecule has 0 aliphatic carbocycles. The summed E-state index contributed by atoms with van der Waals surface area (Å²) in [6.45, 7) is 0.940. The van der Waals surface area contributed by atoms with Crippen LogP contribution in [0, 0.1) is 0 Å². The van der Waals surface area contributed by atoms with Crippen LogP contribution in [0.25, 0.3) is 0 Å². The number of aliphatic hydroxyl groups is 2. The quantitative estimate of drug-likeness (QED) is 0.606. The Balaban J connectivity index is 2.48. The van der Waals surface area contributed by atoms with Gasteiger partial charge in [-0.3, -0.25) is 10.1 Å². The molecule has 0 saturated heterocycles. The fraction of sp³-hybridized carbons (Fsp3) is 0.444. The predicted molar refractivity (Wildman–Crippen MR) is 54.9 cm³/mol. The van der Waals surface area contributed by atoms with E-state index >= 15 is 0 Å². The van der Waals surface area contributed by atoms with E-state index in [0.29, 0.717) is 5.75 Å². The molecule has 0 aromatic carbocycles. The number of hydrogen-bond acceptors (Lipinski definition) is 6. The van der Waals surface area contributed by atoms with Crippen molar-refractivity contribution in [3.63, 3.8) is 0 Å². The van der Waals surface area contributed by atoms with Crippen molar-refractivity contribution in [1.82, 2.24) is 9.97 Å². The molecule has 0 aliphatic rings. The first-order valence-corrected chi connectivity index (χ1v) is 4.63. The molecule has 1 rings (SSSR count). The summed E-state index contributed by atoms with van der Waals surface area (Å²) >= 11 is 0. The smallest absolute Gasteiger partial charge is 0.229 e. The summed E-state index contributed by atoms with van der Waals surface area (Å²) in [6.07, 6.45) is 1.79. The van der Waals surface area contributed by atoms with Gasteiger partial charge in [-0.1, -0.05) is 0 Å². The Morgan fingerprint density at radius 2 is 2.19 bits per heavy atom. The molecule has 1 aromatic rings. The average Bonchev–Trinajstić information content (AvgIpc) is 2.27. The van der Waals surface area contributed by atoms with Gasteiger partial charge in [-0.25, -0.2) is 9.97 Å². The summed E-state index contributed by atoms with van der Waals surface area (Å²) in [6, 6.07) is 0. The zero-order valence-electron chi connectivity index (χ0n) is 8.75. The van der Waals surface area contributed by atoms with Gasteiger partial charge >= 0.3 is 0 Å². The first-order valence-electron chi connectivity index (χ1n) is 4.63. The van der Waals surface area contributed by atoms with Gasteiger partial charge in [0.15, 0.2) is 5.75 Å². The second kappa shape index (κ2) is 5.99. The van der Waals surface area contributed by atoms with Crippen LogP contribution in [-0.2, 0) is 4.79 Å². The normalized spacial score (nSPS) is 11.9. The van der Waals surface area contributed by atoms with Gasteiger partial charge in [0, 0.05) is 6.92 Å². The van der Waals surface area contributed by atoms with Gasteiger partial charge in [0.25, 0.3) is 0 Å². The van der Waals surface area contributed by atoms with Gasteiger partial charge in [0.05, 0.1) is 19.0 Å². The Hall–Kier alpha value is -1.73. The number of aromatic nitrogens is 2. The van der Waals surface area contributed by atoms with Crippen LogP contribution in [0.4, 0.5) is 5.95 Å². The lowest BCUT2D eigenvalue weighted by Gasteiger charge is -2.09. The molecule has 0 aliphatic heterocycles. The van der Waals surface area contributed by atoms with Crippen LogP contribution in [0.3, 0.4) is 0 Å². The van der Waals surface area contributed by atoms with Crippen LogP contribution in [0.1, 0.15) is 6.92 Å². The van der Waals surface area contributed by atoms with Gasteiger partial charge in [0.2, 0.25) is 11.9 Å². The number of aliphatic hydroxyl groups excluding tert-OH is 2. The van der Waals surface area contributed by atoms with E-state index in [1.807, 2.05) is 0 Å². The van der Waals surface area contributed by atoms with Crippen LogP contribution in [0.2, 0.25) is 0 Å². The highest BCUT2D eigenvalue weighted by Crippen LogP contribution is 2.08. The van der Waals surface area contributed by atoms with Crippen LogP contribution in [0.5, 0.6) is 5.75 Å². The van der Waals surface area contributed by atoms with E-state index in [2.05, 4.69) is 15.3 Å². The minimum atomic E-state index is -0.935. The molecule has 88 valence electrons. The maximum atomic E-state index is 10.7. The van der Waals surface area contributed by atoms with Gasteiger partial charge in [-0.15, -0.1) is 0 Å². The number of carbonyl (C=O) groups excluding carboxylic acids is 1. The molecule has 3 N–H and O–H groups in total. The fourth-order valence-electron chi connectivity index (χ4n) is 0.858. The molecule has 1 heterocycles. The molecule has 1 aromatic heterocycles. The van der Waals surface area contributed by atoms with Crippen molar-refractivity contribution in [1.29, 1.82) is 0 Å². The molecule has 0 spiro atoms. The summed E-state index contributed by atoms with van der Waals surface area (Å²) in [7, 11) is 0. The Labute approximate surface area is 92.1 Å². The highest BCUT2D eigenvalue weighted by molar-refractivity contribution is 5.86. The Bertz CT molecular complexity index is 341. The lowest BCUT2D eigenvalue weighted by molar-refractivity contribution is -0.114. The summed E-state index contributed by atoms with van der Waals surface area (Å²) in [4.78, 5) is 18.3. The second-order valence-corrected chi connectivity index (χ2v) is 3.07. The molecule has 1 atom stereocenters. The molecule has 0 saturated carbocycles. The van der Waals surface area contributed by atoms with Crippen LogP contribution in [-0.4, -0.2) is 45.4 Å². The number of amides is 1. The third-order valence-electron chi connectivity index (χ3n) is 1.57. The molecule has 1 amide bonds. The van der Waals surface area contributed by atoms with Gasteiger partial charge in [-0.2, -0.15) is 0 Å². The SMILES string of the molecule is CC(=O)Nc1ncc(OC[C@@H](O)CO)cn1. The summed E-state index contributed by atoms with van der Waals surface area (Å²) < 4.78 is 5.07. The third-order valence-corrected chi connectivity index (χ3v) is 1.57. The molecule has 7 heteroatoms. The molecular weight excluding hydrogens is 214 g/mol. The highest BCUT2D eigenvalue weighted by Gasteiger charge is 2.04. The van der Waals surface area contributed by atoms with Crippen molar-refractivity contribution in [2.45, 2.75) is 13.0 Å². The first-order chi connectivity index (χ1) is 7.61. The van der Waals surface area contributed by atoms with Crippen molar-refractivity contribution < 1.29 is 19.7 Å². The number of nitrogens with zero attached hydrogens (tertiary/aromatic N) is 2. The van der Waals surface area contributed by atoms with E-state index in [0.717, 1.165) is 0 Å². The van der Waals surface area contributed by atoms with Gasteiger partial charge < -0.3 is 14.9 Å².